The van der Waals surface area contributed by atoms with Gasteiger partial charge in [-0.15, -0.1) is 0 Å². The molecule has 0 saturated heterocycles. The molecule has 0 bridgehead atoms. The van der Waals surface area contributed by atoms with Gasteiger partial charge < -0.3 is 14.5 Å². The molecule has 2 aromatic carbocycles. The number of aromatic nitrogens is 1. The molecule has 0 fully saturated rings. The number of oxazole rings is 1. The van der Waals surface area contributed by atoms with Crippen molar-refractivity contribution in [3.63, 3.8) is 0 Å². The third-order valence-corrected chi connectivity index (χ3v) is 3.84. The smallest absolute Gasteiger partial charge is 0.387 e. The Bertz CT molecular complexity index is 908. The maximum atomic E-state index is 12.2. The highest BCUT2D eigenvalue weighted by atomic mass is 19.3. The van der Waals surface area contributed by atoms with E-state index in [1.165, 1.54) is 24.3 Å². The van der Waals surface area contributed by atoms with Crippen LogP contribution in [-0.4, -0.2) is 24.0 Å². The molecule has 3 aromatic rings. The van der Waals surface area contributed by atoms with Crippen molar-refractivity contribution in [3.05, 3.63) is 71.6 Å². The number of alkyl halides is 2. The van der Waals surface area contributed by atoms with Crippen molar-refractivity contribution in [3.8, 4) is 17.2 Å². The minimum atomic E-state index is -2.93. The topological polar surface area (TPSA) is 64.4 Å². The summed E-state index contributed by atoms with van der Waals surface area (Å²) in [6.07, 6.45) is 2.03. The number of hydrogen-bond acceptors (Lipinski definition) is 4. The van der Waals surface area contributed by atoms with E-state index in [0.717, 1.165) is 11.1 Å². The second-order valence-corrected chi connectivity index (χ2v) is 5.92. The van der Waals surface area contributed by atoms with Gasteiger partial charge in [0.2, 0.25) is 5.89 Å². The van der Waals surface area contributed by atoms with Crippen LogP contribution in [0.1, 0.15) is 21.6 Å². The van der Waals surface area contributed by atoms with Gasteiger partial charge in [0.25, 0.3) is 5.91 Å². The Morgan fingerprint density at radius 3 is 2.74 bits per heavy atom. The van der Waals surface area contributed by atoms with E-state index in [-0.39, 0.29) is 17.2 Å². The van der Waals surface area contributed by atoms with E-state index in [9.17, 15) is 13.6 Å². The van der Waals surface area contributed by atoms with Gasteiger partial charge in [-0.25, -0.2) is 4.98 Å². The summed E-state index contributed by atoms with van der Waals surface area (Å²) in [6.45, 7) is -0.597. The number of nitrogens with one attached hydrogen (secondary N) is 1. The predicted molar refractivity (Wildman–Crippen MR) is 95.8 cm³/mol. The summed E-state index contributed by atoms with van der Waals surface area (Å²) in [6, 6.07) is 13.5. The van der Waals surface area contributed by atoms with Crippen molar-refractivity contribution in [2.75, 3.05) is 6.54 Å². The molecule has 3 rings (SSSR count). The first-order valence-electron chi connectivity index (χ1n) is 8.36. The van der Waals surface area contributed by atoms with Crippen LogP contribution in [0.2, 0.25) is 0 Å². The molecule has 7 heteroatoms. The third-order valence-electron chi connectivity index (χ3n) is 3.84. The highest BCUT2D eigenvalue weighted by Gasteiger charge is 2.10. The summed E-state index contributed by atoms with van der Waals surface area (Å²) in [5, 5.41) is 2.72. The minimum Gasteiger partial charge on any atom is -0.444 e. The number of ether oxygens (including phenoxy) is 1. The Kier molecular flexibility index (Phi) is 5.80. The zero-order chi connectivity index (χ0) is 19.2. The molecule has 5 nitrogen and oxygen atoms in total. The van der Waals surface area contributed by atoms with Gasteiger partial charge in [-0.1, -0.05) is 23.8 Å². The van der Waals surface area contributed by atoms with E-state index in [0.29, 0.717) is 24.6 Å². The number of carbonyl (C=O) groups excluding carboxylic acids is 1. The van der Waals surface area contributed by atoms with Crippen LogP contribution in [0.3, 0.4) is 0 Å². The van der Waals surface area contributed by atoms with Gasteiger partial charge in [0.15, 0.2) is 0 Å². The number of halogens is 2. The van der Waals surface area contributed by atoms with Crippen molar-refractivity contribution >= 4 is 5.91 Å². The van der Waals surface area contributed by atoms with Crippen molar-refractivity contribution in [2.24, 2.45) is 0 Å². The van der Waals surface area contributed by atoms with Gasteiger partial charge in [-0.05, 0) is 37.3 Å². The molecule has 0 aliphatic heterocycles. The number of rotatable bonds is 7. The quantitative estimate of drug-likeness (QED) is 0.674. The number of benzene rings is 2. The second kappa shape index (κ2) is 8.44. The number of carbonyl (C=O) groups is 1. The van der Waals surface area contributed by atoms with Gasteiger partial charge in [-0.3, -0.25) is 4.79 Å². The predicted octanol–water partition coefficient (Wildman–Crippen LogP) is 4.22. The van der Waals surface area contributed by atoms with E-state index in [1.54, 1.807) is 6.26 Å². The molecule has 140 valence electrons. The zero-order valence-corrected chi connectivity index (χ0v) is 14.6. The third kappa shape index (κ3) is 5.13. The number of aryl methyl sites for hydroxylation is 1. The summed E-state index contributed by atoms with van der Waals surface area (Å²) < 4.78 is 34.3. The van der Waals surface area contributed by atoms with E-state index in [4.69, 9.17) is 4.42 Å². The lowest BCUT2D eigenvalue weighted by Crippen LogP contribution is -2.25. The first-order chi connectivity index (χ1) is 13.0. The molecule has 27 heavy (non-hydrogen) atoms. The molecule has 0 radical (unpaired) electrons. The first-order valence-corrected chi connectivity index (χ1v) is 8.36. The summed E-state index contributed by atoms with van der Waals surface area (Å²) in [7, 11) is 0. The van der Waals surface area contributed by atoms with Gasteiger partial charge in [0.05, 0.1) is 5.69 Å². The molecule has 0 unspecified atom stereocenters. The van der Waals surface area contributed by atoms with Crippen LogP contribution >= 0.6 is 0 Å². The molecular weight excluding hydrogens is 354 g/mol. The van der Waals surface area contributed by atoms with E-state index < -0.39 is 6.61 Å². The van der Waals surface area contributed by atoms with Crippen LogP contribution in [0.25, 0.3) is 11.5 Å². The van der Waals surface area contributed by atoms with Gasteiger partial charge >= 0.3 is 6.61 Å². The molecular formula is C20H18F2N2O3. The standard InChI is InChI=1S/C20H18F2N2O3/c1-13-5-7-14(8-6-13)19-24-16(12-26-19)9-10-23-18(25)15-3-2-4-17(11-15)27-20(21)22/h2-8,11-12,20H,9-10H2,1H3,(H,23,25). The first kappa shape index (κ1) is 18.6. The largest absolute Gasteiger partial charge is 0.444 e. The maximum absolute atomic E-state index is 12.2. The molecule has 1 aromatic heterocycles. The summed E-state index contributed by atoms with van der Waals surface area (Å²) >= 11 is 0. The van der Waals surface area contributed by atoms with Gasteiger partial charge in [0.1, 0.15) is 12.0 Å². The van der Waals surface area contributed by atoms with Crippen LogP contribution in [0.15, 0.2) is 59.2 Å². The number of amides is 1. The van der Waals surface area contributed by atoms with Gasteiger partial charge in [-0.2, -0.15) is 8.78 Å². The van der Waals surface area contributed by atoms with E-state index >= 15 is 0 Å². The lowest BCUT2D eigenvalue weighted by atomic mass is 10.1. The normalized spacial score (nSPS) is 10.8. The van der Waals surface area contributed by atoms with Crippen molar-refractivity contribution in [1.29, 1.82) is 0 Å². The summed E-state index contributed by atoms with van der Waals surface area (Å²) in [5.74, 6) is 0.0852. The van der Waals surface area contributed by atoms with Crippen LogP contribution in [-0.2, 0) is 6.42 Å². The molecule has 1 N–H and O–H groups in total. The highest BCUT2D eigenvalue weighted by Crippen LogP contribution is 2.19. The lowest BCUT2D eigenvalue weighted by molar-refractivity contribution is -0.0498. The summed E-state index contributed by atoms with van der Waals surface area (Å²) in [5.41, 5.74) is 2.98. The fourth-order valence-corrected chi connectivity index (χ4v) is 2.47. The fourth-order valence-electron chi connectivity index (χ4n) is 2.47. The van der Waals surface area contributed by atoms with Crippen molar-refractivity contribution in [2.45, 2.75) is 20.0 Å². The second-order valence-electron chi connectivity index (χ2n) is 5.92. The van der Waals surface area contributed by atoms with Crippen molar-refractivity contribution < 1.29 is 22.7 Å². The molecule has 1 heterocycles. The Morgan fingerprint density at radius 1 is 1.22 bits per heavy atom. The monoisotopic (exact) mass is 372 g/mol. The minimum absolute atomic E-state index is 0.0584. The molecule has 0 aliphatic rings. The average Bonchev–Trinajstić information content (AvgIpc) is 3.11. The van der Waals surface area contributed by atoms with Crippen LogP contribution in [0.4, 0.5) is 8.78 Å². The molecule has 0 aliphatic carbocycles. The van der Waals surface area contributed by atoms with E-state index in [1.807, 2.05) is 31.2 Å². The Balaban J connectivity index is 1.54. The van der Waals surface area contributed by atoms with Gasteiger partial charge in [0, 0.05) is 24.1 Å². The SMILES string of the molecule is Cc1ccc(-c2nc(CCNC(=O)c3cccc(OC(F)F)c3)co2)cc1. The number of hydrogen-bond donors (Lipinski definition) is 1. The maximum Gasteiger partial charge on any atom is 0.387 e. The average molecular weight is 372 g/mol. The zero-order valence-electron chi connectivity index (χ0n) is 14.6. The Morgan fingerprint density at radius 2 is 2.00 bits per heavy atom. The molecule has 0 atom stereocenters. The van der Waals surface area contributed by atoms with Crippen LogP contribution < -0.4 is 10.1 Å². The molecule has 0 spiro atoms. The Hall–Kier alpha value is -3.22. The fraction of sp³-hybridized carbons (Fsp3) is 0.200. The van der Waals surface area contributed by atoms with E-state index in [2.05, 4.69) is 15.0 Å². The van der Waals surface area contributed by atoms with Crippen LogP contribution in [0, 0.1) is 6.92 Å². The highest BCUT2D eigenvalue weighted by molar-refractivity contribution is 5.94. The number of nitrogens with zero attached hydrogens (tertiary/aromatic N) is 1. The lowest BCUT2D eigenvalue weighted by Gasteiger charge is -2.07. The Labute approximate surface area is 155 Å². The van der Waals surface area contributed by atoms with Crippen LogP contribution in [0.5, 0.6) is 5.75 Å². The van der Waals surface area contributed by atoms with Crippen molar-refractivity contribution in [1.82, 2.24) is 10.3 Å². The molecule has 0 saturated carbocycles. The molecule has 1 amide bonds. The summed E-state index contributed by atoms with van der Waals surface area (Å²) in [4.78, 5) is 16.5.